The van der Waals surface area contributed by atoms with Gasteiger partial charge in [0.05, 0.1) is 22.6 Å². The van der Waals surface area contributed by atoms with Crippen molar-refractivity contribution < 1.29 is 4.42 Å². The van der Waals surface area contributed by atoms with Gasteiger partial charge in [-0.3, -0.25) is 0 Å². The summed E-state index contributed by atoms with van der Waals surface area (Å²) in [5.41, 5.74) is 15.8. The highest BCUT2D eigenvalue weighted by Gasteiger charge is 2.45. The fourth-order valence-electron chi connectivity index (χ4n) is 10.1. The van der Waals surface area contributed by atoms with E-state index in [0.29, 0.717) is 0 Å². The van der Waals surface area contributed by atoms with Crippen molar-refractivity contribution >= 4 is 71.8 Å². The molecule has 246 valence electrons. The highest BCUT2D eigenvalue weighted by molar-refractivity contribution is 6.20. The number of anilines is 2. The Hall–Kier alpha value is -6.84. The van der Waals surface area contributed by atoms with E-state index in [-0.39, 0.29) is 12.0 Å². The lowest BCUT2D eigenvalue weighted by Crippen LogP contribution is -2.26. The van der Waals surface area contributed by atoms with Crippen LogP contribution in [0.5, 0.6) is 0 Å². The Morgan fingerprint density at radius 2 is 1.23 bits per heavy atom. The normalized spacial score (nSPS) is 16.6. The number of furan rings is 1. The predicted molar refractivity (Wildman–Crippen MR) is 220 cm³/mol. The molecular formula is C50H30N2O. The Morgan fingerprint density at radius 1 is 0.491 bits per heavy atom. The molecule has 8 aromatic carbocycles. The fraction of sp³-hybridized carbons (Fsp3) is 0.0400. The van der Waals surface area contributed by atoms with Crippen LogP contribution in [0.15, 0.2) is 168 Å². The molecular weight excluding hydrogens is 645 g/mol. The number of fused-ring (bicyclic) bond motifs is 15. The van der Waals surface area contributed by atoms with Crippen LogP contribution < -0.4 is 4.90 Å². The summed E-state index contributed by atoms with van der Waals surface area (Å²) in [6.45, 7) is 0. The average molecular weight is 675 g/mol. The zero-order valence-electron chi connectivity index (χ0n) is 28.6. The van der Waals surface area contributed by atoms with Crippen LogP contribution in [0.25, 0.3) is 88.4 Å². The number of benzene rings is 8. The van der Waals surface area contributed by atoms with E-state index in [9.17, 15) is 0 Å². The summed E-state index contributed by atoms with van der Waals surface area (Å²) in [6.07, 6.45) is 4.86. The molecule has 0 spiro atoms. The van der Waals surface area contributed by atoms with Crippen LogP contribution in [0.2, 0.25) is 0 Å². The standard InChI is InChI=1S/C50H30N2O/c1-2-14-32-29(10-1)11-9-20-42(32)52-43-19-5-3-15-34(43)37-24-25-39-38-26-27-45-47(40-16-4-6-21-44(40)53-45)48(38)51(49(39)50(37)52)31-22-23-33-35-17-7-12-30-13-8-18-36(46(30)35)41(33)28-31/h1-28,37,50H. The van der Waals surface area contributed by atoms with E-state index in [4.69, 9.17) is 4.42 Å². The number of para-hydroxylation sites is 2. The number of rotatable bonds is 2. The van der Waals surface area contributed by atoms with E-state index in [1.807, 2.05) is 0 Å². The van der Waals surface area contributed by atoms with Crippen LogP contribution in [0, 0.1) is 0 Å². The molecule has 0 N–H and O–H groups in total. The van der Waals surface area contributed by atoms with Crippen molar-refractivity contribution in [2.24, 2.45) is 0 Å². The smallest absolute Gasteiger partial charge is 0.137 e. The van der Waals surface area contributed by atoms with Crippen LogP contribution in [0.3, 0.4) is 0 Å². The maximum Gasteiger partial charge on any atom is 0.137 e. The van der Waals surface area contributed by atoms with Gasteiger partial charge in [0.25, 0.3) is 0 Å². The van der Waals surface area contributed by atoms with Crippen molar-refractivity contribution in [3.8, 4) is 27.9 Å². The van der Waals surface area contributed by atoms with Crippen molar-refractivity contribution in [2.75, 3.05) is 4.90 Å². The molecule has 3 nitrogen and oxygen atoms in total. The first-order chi connectivity index (χ1) is 26.3. The van der Waals surface area contributed by atoms with Gasteiger partial charge in [0.15, 0.2) is 0 Å². The highest BCUT2D eigenvalue weighted by atomic mass is 16.3. The van der Waals surface area contributed by atoms with Crippen molar-refractivity contribution in [3.63, 3.8) is 0 Å². The molecule has 3 heteroatoms. The van der Waals surface area contributed by atoms with Gasteiger partial charge >= 0.3 is 0 Å². The summed E-state index contributed by atoms with van der Waals surface area (Å²) in [5.74, 6) is 0.171. The number of aromatic nitrogens is 1. The minimum atomic E-state index is 0.0210. The summed E-state index contributed by atoms with van der Waals surface area (Å²) in [7, 11) is 0. The van der Waals surface area contributed by atoms with Gasteiger partial charge in [-0.25, -0.2) is 0 Å². The van der Waals surface area contributed by atoms with E-state index >= 15 is 0 Å². The summed E-state index contributed by atoms with van der Waals surface area (Å²) < 4.78 is 9.17. The fourth-order valence-corrected chi connectivity index (χ4v) is 10.1. The Bertz CT molecular complexity index is 3260. The zero-order valence-corrected chi connectivity index (χ0v) is 28.6. The second-order valence-electron chi connectivity index (χ2n) is 14.8. The maximum atomic E-state index is 6.57. The van der Waals surface area contributed by atoms with Gasteiger partial charge in [-0.15, -0.1) is 0 Å². The molecule has 0 bridgehead atoms. The quantitative estimate of drug-likeness (QED) is 0.182. The molecule has 2 atom stereocenters. The molecule has 1 aliphatic heterocycles. The van der Waals surface area contributed by atoms with Crippen LogP contribution in [0.1, 0.15) is 28.8 Å². The van der Waals surface area contributed by atoms with Crippen LogP contribution in [-0.4, -0.2) is 4.57 Å². The molecule has 0 radical (unpaired) electrons. The minimum absolute atomic E-state index is 0.0210. The van der Waals surface area contributed by atoms with Crippen molar-refractivity contribution in [1.82, 2.24) is 4.57 Å². The first-order valence-corrected chi connectivity index (χ1v) is 18.5. The van der Waals surface area contributed by atoms with Gasteiger partial charge in [0, 0.05) is 44.7 Å². The molecule has 13 rings (SSSR count). The second-order valence-corrected chi connectivity index (χ2v) is 14.8. The SMILES string of the molecule is C1=CC2c3ccccc3N(c3cccc4ccccc34)C2c2c1c1ccc3oc4ccccc4c3c1n2-c1ccc2c(c1)-c1cccc3cccc-2c13. The van der Waals surface area contributed by atoms with Crippen molar-refractivity contribution in [3.05, 3.63) is 181 Å². The largest absolute Gasteiger partial charge is 0.456 e. The summed E-state index contributed by atoms with van der Waals surface area (Å²) >= 11 is 0. The minimum Gasteiger partial charge on any atom is -0.456 e. The van der Waals surface area contributed by atoms with E-state index in [2.05, 4.69) is 179 Å². The van der Waals surface area contributed by atoms with Crippen LogP contribution in [0.4, 0.5) is 11.4 Å². The van der Waals surface area contributed by atoms with Gasteiger partial charge in [-0.2, -0.15) is 0 Å². The Morgan fingerprint density at radius 3 is 2.15 bits per heavy atom. The molecule has 53 heavy (non-hydrogen) atoms. The van der Waals surface area contributed by atoms with Crippen molar-refractivity contribution in [2.45, 2.75) is 12.0 Å². The third kappa shape index (κ3) is 3.49. The third-order valence-electron chi connectivity index (χ3n) is 12.2. The highest BCUT2D eigenvalue weighted by Crippen LogP contribution is 2.59. The molecule has 2 aromatic heterocycles. The number of hydrogen-bond donors (Lipinski definition) is 0. The molecule has 3 aliphatic rings. The molecule has 2 aliphatic carbocycles. The van der Waals surface area contributed by atoms with Gasteiger partial charge < -0.3 is 13.9 Å². The van der Waals surface area contributed by atoms with Crippen LogP contribution in [-0.2, 0) is 0 Å². The average Bonchev–Trinajstić information content (AvgIpc) is 3.95. The maximum absolute atomic E-state index is 6.57. The monoisotopic (exact) mass is 674 g/mol. The lowest BCUT2D eigenvalue weighted by atomic mass is 9.85. The first kappa shape index (κ1) is 27.8. The van der Waals surface area contributed by atoms with E-state index in [1.54, 1.807) is 0 Å². The van der Waals surface area contributed by atoms with Gasteiger partial charge in [-0.1, -0.05) is 127 Å². The van der Waals surface area contributed by atoms with Gasteiger partial charge in [-0.05, 0) is 86.4 Å². The first-order valence-electron chi connectivity index (χ1n) is 18.5. The molecule has 0 fully saturated rings. The predicted octanol–water partition coefficient (Wildman–Crippen LogP) is 13.5. The Balaban J connectivity index is 1.17. The third-order valence-corrected chi connectivity index (χ3v) is 12.2. The molecule has 0 saturated heterocycles. The van der Waals surface area contributed by atoms with Gasteiger partial charge in [0.1, 0.15) is 11.2 Å². The number of nitrogens with zero attached hydrogens (tertiary/aromatic N) is 2. The molecule has 0 saturated carbocycles. The van der Waals surface area contributed by atoms with Crippen LogP contribution >= 0.6 is 0 Å². The summed E-state index contributed by atoms with van der Waals surface area (Å²) in [4.78, 5) is 2.63. The molecule has 3 heterocycles. The Kier molecular flexibility index (Phi) is 5.22. The van der Waals surface area contributed by atoms with Crippen molar-refractivity contribution in [1.29, 1.82) is 0 Å². The molecule has 2 unspecified atom stereocenters. The lowest BCUT2D eigenvalue weighted by molar-refractivity contribution is 0.637. The van der Waals surface area contributed by atoms with E-state index in [0.717, 1.165) is 21.9 Å². The molecule has 10 aromatic rings. The zero-order chi connectivity index (χ0) is 34.4. The van der Waals surface area contributed by atoms with Gasteiger partial charge in [0.2, 0.25) is 0 Å². The summed E-state index contributed by atoms with van der Waals surface area (Å²) in [5, 5.41) is 8.69. The summed E-state index contributed by atoms with van der Waals surface area (Å²) in [6, 6.07) is 58.1. The number of hydrogen-bond acceptors (Lipinski definition) is 2. The Labute approximate surface area is 305 Å². The lowest BCUT2D eigenvalue weighted by Gasteiger charge is -2.34. The molecule has 0 amide bonds. The topological polar surface area (TPSA) is 21.3 Å². The second kappa shape index (κ2) is 9.93. The van der Waals surface area contributed by atoms with E-state index in [1.165, 1.54) is 88.6 Å². The van der Waals surface area contributed by atoms with E-state index < -0.39 is 0 Å².